The van der Waals surface area contributed by atoms with Crippen LogP contribution < -0.4 is 10.5 Å². The fourth-order valence-electron chi connectivity index (χ4n) is 2.50. The zero-order valence-corrected chi connectivity index (χ0v) is 10.7. The molecule has 1 fully saturated rings. The first-order valence-corrected chi connectivity index (χ1v) is 6.44. The summed E-state index contributed by atoms with van der Waals surface area (Å²) in [7, 11) is 0. The van der Waals surface area contributed by atoms with Crippen molar-refractivity contribution in [2.75, 3.05) is 11.7 Å². The Balaban J connectivity index is 1.68. The molecule has 0 radical (unpaired) electrons. The number of hydrogen-bond acceptors (Lipinski definition) is 5. The molecular weight excluding hydrogens is 256 g/mol. The maximum absolute atomic E-state index is 4.35. The molecule has 8 heteroatoms. The van der Waals surface area contributed by atoms with Crippen LogP contribution in [0.25, 0.3) is 0 Å². The molecule has 1 N–H and O–H groups in total. The minimum absolute atomic E-state index is 0.00546. The first-order chi connectivity index (χ1) is 9.92. The second-order valence-corrected chi connectivity index (χ2v) is 4.62. The third kappa shape index (κ3) is 1.77. The van der Waals surface area contributed by atoms with Gasteiger partial charge in [-0.1, -0.05) is 0 Å². The van der Waals surface area contributed by atoms with Crippen molar-refractivity contribution in [1.82, 2.24) is 34.9 Å². The monoisotopic (exact) mass is 270 g/mol. The average Bonchev–Trinajstić information content (AvgIpc) is 3.22. The van der Waals surface area contributed by atoms with Gasteiger partial charge in [0.2, 0.25) is 0 Å². The van der Waals surface area contributed by atoms with Crippen LogP contribution in [-0.2, 0) is 0 Å². The molecular formula is C12H14N8. The zero-order valence-electron chi connectivity index (χ0n) is 10.7. The van der Waals surface area contributed by atoms with Crippen molar-refractivity contribution in [3.63, 3.8) is 0 Å². The lowest BCUT2D eigenvalue weighted by molar-refractivity contribution is 0.305. The third-order valence-electron chi connectivity index (χ3n) is 3.42. The Hall–Kier alpha value is -2.61. The number of hydrazine groups is 1. The Morgan fingerprint density at radius 2 is 1.55 bits per heavy atom. The molecule has 3 aromatic heterocycles. The lowest BCUT2D eigenvalue weighted by Crippen LogP contribution is -2.42. The Kier molecular flexibility index (Phi) is 2.52. The number of nitrogens with one attached hydrogen (secondary N) is 1. The van der Waals surface area contributed by atoms with Crippen LogP contribution in [0.15, 0.2) is 55.4 Å². The van der Waals surface area contributed by atoms with Crippen molar-refractivity contribution in [2.24, 2.45) is 0 Å². The van der Waals surface area contributed by atoms with Crippen LogP contribution in [0.5, 0.6) is 0 Å². The molecule has 1 aliphatic heterocycles. The van der Waals surface area contributed by atoms with Crippen LogP contribution in [0, 0.1) is 0 Å². The van der Waals surface area contributed by atoms with Gasteiger partial charge in [0, 0.05) is 24.8 Å². The molecule has 1 aliphatic rings. The molecule has 0 spiro atoms. The minimum Gasteiger partial charge on any atom is -0.264 e. The first kappa shape index (κ1) is 11.2. The smallest absolute Gasteiger partial charge is 0.144 e. The number of rotatable bonds is 3. The van der Waals surface area contributed by atoms with E-state index in [1.165, 1.54) is 0 Å². The number of aromatic nitrogens is 6. The molecule has 2 atom stereocenters. The summed E-state index contributed by atoms with van der Waals surface area (Å²) in [4.78, 5) is 1.78. The fourth-order valence-corrected chi connectivity index (χ4v) is 2.50. The van der Waals surface area contributed by atoms with Gasteiger partial charge >= 0.3 is 0 Å². The van der Waals surface area contributed by atoms with E-state index >= 15 is 0 Å². The first-order valence-electron chi connectivity index (χ1n) is 6.44. The molecule has 0 bridgehead atoms. The van der Waals surface area contributed by atoms with E-state index in [9.17, 15) is 0 Å². The summed E-state index contributed by atoms with van der Waals surface area (Å²) in [6.07, 6.45) is 11.1. The van der Waals surface area contributed by atoms with Crippen molar-refractivity contribution in [3.05, 3.63) is 55.4 Å². The maximum Gasteiger partial charge on any atom is 0.144 e. The predicted octanol–water partition coefficient (Wildman–Crippen LogP) is 0.172. The topological polar surface area (TPSA) is 68.7 Å². The molecule has 0 saturated carbocycles. The molecule has 2 unspecified atom stereocenters. The number of hydrogen-bond donors (Lipinski definition) is 1. The van der Waals surface area contributed by atoms with Crippen LogP contribution in [-0.4, -0.2) is 36.0 Å². The molecule has 0 aromatic carbocycles. The molecule has 4 heterocycles. The predicted molar refractivity (Wildman–Crippen MR) is 71.0 cm³/mol. The van der Waals surface area contributed by atoms with E-state index in [0.717, 1.165) is 6.54 Å². The highest BCUT2D eigenvalue weighted by Gasteiger charge is 2.36. The van der Waals surface area contributed by atoms with Gasteiger partial charge in [-0.3, -0.25) is 9.36 Å². The lowest BCUT2D eigenvalue weighted by Gasteiger charge is -2.19. The average molecular weight is 270 g/mol. The summed E-state index contributed by atoms with van der Waals surface area (Å²) < 4.78 is 3.85. The Labute approximate surface area is 115 Å². The van der Waals surface area contributed by atoms with Crippen molar-refractivity contribution in [1.29, 1.82) is 0 Å². The molecule has 1 saturated heterocycles. The van der Waals surface area contributed by atoms with Crippen molar-refractivity contribution < 1.29 is 0 Å². The van der Waals surface area contributed by atoms with E-state index in [4.69, 9.17) is 0 Å². The SMILES string of the molecule is c1cnn(C2CN(n3cccn3)NC2n2cccn2)c1. The standard InChI is InChI=1S/C12H14N8/c1-4-13-17(7-1)11-10-20(19-9-3-6-15-19)16-12(11)18-8-2-5-14-18/h1-9,11-12,16H,10H2. The van der Waals surface area contributed by atoms with E-state index in [-0.39, 0.29) is 12.2 Å². The second kappa shape index (κ2) is 4.49. The van der Waals surface area contributed by atoms with E-state index in [0.29, 0.717) is 0 Å². The lowest BCUT2D eigenvalue weighted by atomic mass is 10.2. The van der Waals surface area contributed by atoms with Gasteiger partial charge in [0.25, 0.3) is 0 Å². The van der Waals surface area contributed by atoms with Crippen LogP contribution in [0.1, 0.15) is 12.2 Å². The molecule has 3 aromatic rings. The highest BCUT2D eigenvalue weighted by molar-refractivity contribution is 5.00. The van der Waals surface area contributed by atoms with E-state index < -0.39 is 0 Å². The van der Waals surface area contributed by atoms with Gasteiger partial charge < -0.3 is 0 Å². The van der Waals surface area contributed by atoms with Gasteiger partial charge in [0.1, 0.15) is 12.2 Å². The van der Waals surface area contributed by atoms with Gasteiger partial charge in [-0.2, -0.15) is 25.5 Å². The van der Waals surface area contributed by atoms with Crippen LogP contribution in [0.4, 0.5) is 0 Å². The second-order valence-electron chi connectivity index (χ2n) is 4.62. The third-order valence-corrected chi connectivity index (χ3v) is 3.42. The van der Waals surface area contributed by atoms with Gasteiger partial charge in [-0.05, 0) is 18.2 Å². The van der Waals surface area contributed by atoms with Gasteiger partial charge in [0.05, 0.1) is 18.9 Å². The highest BCUT2D eigenvalue weighted by Crippen LogP contribution is 2.25. The maximum atomic E-state index is 4.35. The van der Waals surface area contributed by atoms with Crippen LogP contribution in [0.2, 0.25) is 0 Å². The van der Waals surface area contributed by atoms with Gasteiger partial charge in [-0.15, -0.1) is 0 Å². The summed E-state index contributed by atoms with van der Waals surface area (Å²) >= 11 is 0. The largest absolute Gasteiger partial charge is 0.264 e. The Morgan fingerprint density at radius 1 is 0.850 bits per heavy atom. The molecule has 102 valence electrons. The quantitative estimate of drug-likeness (QED) is 0.735. The normalized spacial score (nSPS) is 22.5. The summed E-state index contributed by atoms with van der Waals surface area (Å²) in [6, 6.07) is 5.87. The summed E-state index contributed by atoms with van der Waals surface area (Å²) in [5, 5.41) is 14.9. The summed E-state index contributed by atoms with van der Waals surface area (Å²) in [5.41, 5.74) is 3.41. The molecule has 4 rings (SSSR count). The minimum atomic E-state index is -0.00546. The summed E-state index contributed by atoms with van der Waals surface area (Å²) in [6.45, 7) is 0.744. The molecule has 0 amide bonds. The van der Waals surface area contributed by atoms with Gasteiger partial charge in [-0.25, -0.2) is 5.12 Å². The molecule has 8 nitrogen and oxygen atoms in total. The van der Waals surface area contributed by atoms with E-state index in [1.807, 2.05) is 51.3 Å². The highest BCUT2D eigenvalue weighted by atomic mass is 15.8. The van der Waals surface area contributed by atoms with E-state index in [2.05, 4.69) is 20.7 Å². The Bertz CT molecular complexity index is 600. The van der Waals surface area contributed by atoms with Crippen molar-refractivity contribution in [3.8, 4) is 0 Å². The Morgan fingerprint density at radius 3 is 2.20 bits per heavy atom. The molecule has 20 heavy (non-hydrogen) atoms. The van der Waals surface area contributed by atoms with Crippen LogP contribution >= 0.6 is 0 Å². The van der Waals surface area contributed by atoms with E-state index in [1.54, 1.807) is 23.4 Å². The van der Waals surface area contributed by atoms with Gasteiger partial charge in [0.15, 0.2) is 0 Å². The van der Waals surface area contributed by atoms with Crippen molar-refractivity contribution >= 4 is 0 Å². The fraction of sp³-hybridized carbons (Fsp3) is 0.250. The molecule has 0 aliphatic carbocycles. The number of nitrogens with zero attached hydrogens (tertiary/aromatic N) is 7. The van der Waals surface area contributed by atoms with Crippen LogP contribution in [0.3, 0.4) is 0 Å². The zero-order chi connectivity index (χ0) is 13.4. The van der Waals surface area contributed by atoms with Crippen molar-refractivity contribution in [2.45, 2.75) is 12.2 Å². The summed E-state index contributed by atoms with van der Waals surface area (Å²) in [5.74, 6) is 0.